The maximum atomic E-state index is 6.01. The second-order valence-electron chi connectivity index (χ2n) is 5.60. The maximum Gasteiger partial charge on any atom is 0.135 e. The molecule has 110 valence electrons. The van der Waals surface area contributed by atoms with Crippen molar-refractivity contribution < 1.29 is 4.74 Å². The van der Waals surface area contributed by atoms with E-state index in [-0.39, 0.29) is 12.0 Å². The smallest absolute Gasteiger partial charge is 0.135 e. The molecule has 4 nitrogen and oxygen atoms in total. The minimum atomic E-state index is 0.163. The molecule has 2 atom stereocenters. The molecule has 4 heteroatoms. The molecule has 0 saturated heterocycles. The highest BCUT2D eigenvalue weighted by molar-refractivity contribution is 5.36. The number of hydrogen-bond acceptors (Lipinski definition) is 4. The van der Waals surface area contributed by atoms with E-state index in [2.05, 4.69) is 23.0 Å². The van der Waals surface area contributed by atoms with Gasteiger partial charge in [0.2, 0.25) is 0 Å². The van der Waals surface area contributed by atoms with Gasteiger partial charge in [0.1, 0.15) is 11.6 Å². The average molecular weight is 283 g/mol. The maximum absolute atomic E-state index is 6.01. The molecule has 3 rings (SSSR count). The Balaban J connectivity index is 1.77. The van der Waals surface area contributed by atoms with Crippen LogP contribution in [0.5, 0.6) is 5.75 Å². The van der Waals surface area contributed by atoms with Crippen molar-refractivity contribution in [1.29, 1.82) is 0 Å². The molecule has 2 N–H and O–H groups in total. The Morgan fingerprint density at radius 1 is 1.33 bits per heavy atom. The minimum absolute atomic E-state index is 0.163. The molecule has 0 bridgehead atoms. The van der Waals surface area contributed by atoms with E-state index in [0.717, 1.165) is 36.5 Å². The van der Waals surface area contributed by atoms with Crippen molar-refractivity contribution in [3.8, 4) is 5.75 Å². The molecule has 2 aromatic rings. The van der Waals surface area contributed by atoms with Crippen LogP contribution >= 0.6 is 0 Å². The average Bonchev–Trinajstić information content (AvgIpc) is 2.54. The van der Waals surface area contributed by atoms with Crippen LogP contribution in [0.25, 0.3) is 0 Å². The first kappa shape index (κ1) is 14.0. The summed E-state index contributed by atoms with van der Waals surface area (Å²) in [5.41, 5.74) is 8.26. The van der Waals surface area contributed by atoms with Gasteiger partial charge in [-0.15, -0.1) is 0 Å². The number of rotatable bonds is 4. The third kappa shape index (κ3) is 3.22. The summed E-state index contributed by atoms with van der Waals surface area (Å²) in [6.07, 6.45) is 4.52. The Kier molecular flexibility index (Phi) is 4.15. The van der Waals surface area contributed by atoms with E-state index < -0.39 is 0 Å². The lowest BCUT2D eigenvalue weighted by Gasteiger charge is -2.24. The van der Waals surface area contributed by atoms with Crippen molar-refractivity contribution in [2.45, 2.75) is 38.1 Å². The van der Waals surface area contributed by atoms with Crippen molar-refractivity contribution in [3.05, 3.63) is 53.6 Å². The van der Waals surface area contributed by atoms with E-state index in [1.165, 1.54) is 5.56 Å². The molecule has 0 spiro atoms. The van der Waals surface area contributed by atoms with Crippen LogP contribution in [-0.2, 0) is 12.8 Å². The number of fused-ring (bicyclic) bond motifs is 1. The molecule has 1 aliphatic rings. The van der Waals surface area contributed by atoms with Crippen molar-refractivity contribution >= 4 is 0 Å². The summed E-state index contributed by atoms with van der Waals surface area (Å²) in [5, 5.41) is 0. The van der Waals surface area contributed by atoms with E-state index in [4.69, 9.17) is 10.5 Å². The van der Waals surface area contributed by atoms with Crippen molar-refractivity contribution in [2.75, 3.05) is 6.61 Å². The van der Waals surface area contributed by atoms with Gasteiger partial charge >= 0.3 is 0 Å². The van der Waals surface area contributed by atoms with Gasteiger partial charge in [0.05, 0.1) is 12.5 Å². The zero-order valence-corrected chi connectivity index (χ0v) is 12.3. The second-order valence-corrected chi connectivity index (χ2v) is 5.60. The second kappa shape index (κ2) is 6.22. The van der Waals surface area contributed by atoms with Gasteiger partial charge in [-0.1, -0.05) is 25.1 Å². The normalized spacial score (nSPS) is 18.7. The molecule has 0 radical (unpaired) electrons. The van der Waals surface area contributed by atoms with Crippen molar-refractivity contribution in [1.82, 2.24) is 9.97 Å². The molecular weight excluding hydrogens is 262 g/mol. The van der Waals surface area contributed by atoms with Gasteiger partial charge in [-0.25, -0.2) is 9.97 Å². The van der Waals surface area contributed by atoms with Gasteiger partial charge in [-0.2, -0.15) is 0 Å². The molecule has 0 amide bonds. The lowest BCUT2D eigenvalue weighted by molar-refractivity contribution is 0.257. The largest absolute Gasteiger partial charge is 0.493 e. The highest BCUT2D eigenvalue weighted by Gasteiger charge is 2.23. The topological polar surface area (TPSA) is 61.0 Å². The first-order valence-electron chi connectivity index (χ1n) is 7.54. The first-order valence-corrected chi connectivity index (χ1v) is 7.54. The van der Waals surface area contributed by atoms with Crippen LogP contribution in [0, 0.1) is 0 Å². The van der Waals surface area contributed by atoms with Crippen LogP contribution < -0.4 is 10.5 Å². The Labute approximate surface area is 125 Å². The molecule has 0 saturated carbocycles. The Morgan fingerprint density at radius 3 is 3.05 bits per heavy atom. The van der Waals surface area contributed by atoms with Crippen LogP contribution in [0.4, 0.5) is 0 Å². The van der Waals surface area contributed by atoms with Gasteiger partial charge in [-0.05, 0) is 30.5 Å². The van der Waals surface area contributed by atoms with Crippen LogP contribution in [0.1, 0.15) is 36.3 Å². The Bertz CT molecular complexity index is 614. The molecule has 1 aromatic heterocycles. The van der Waals surface area contributed by atoms with Gasteiger partial charge in [0.15, 0.2) is 0 Å². The molecule has 1 aliphatic heterocycles. The lowest BCUT2D eigenvalue weighted by Crippen LogP contribution is -2.24. The summed E-state index contributed by atoms with van der Waals surface area (Å²) in [6, 6.07) is 10.3. The third-order valence-corrected chi connectivity index (χ3v) is 3.97. The predicted molar refractivity (Wildman–Crippen MR) is 82.4 cm³/mol. The van der Waals surface area contributed by atoms with Crippen LogP contribution in [0.2, 0.25) is 0 Å². The standard InChI is InChI=1S/C17H21N3O/c1-2-14(18)10-15-7-8-19-17(20-15)13-9-12-5-3-4-6-16(12)21-11-13/h3-8,13-14H,2,9-11,18H2,1H3. The minimum Gasteiger partial charge on any atom is -0.493 e. The molecule has 1 aromatic carbocycles. The van der Waals surface area contributed by atoms with Crippen LogP contribution in [0.15, 0.2) is 36.5 Å². The quantitative estimate of drug-likeness (QED) is 0.936. The number of nitrogens with zero attached hydrogens (tertiary/aromatic N) is 2. The van der Waals surface area contributed by atoms with Crippen molar-refractivity contribution in [2.24, 2.45) is 5.73 Å². The third-order valence-electron chi connectivity index (χ3n) is 3.97. The van der Waals surface area contributed by atoms with Gasteiger partial charge in [0.25, 0.3) is 0 Å². The summed E-state index contributed by atoms with van der Waals surface area (Å²) >= 11 is 0. The number of ether oxygens (including phenoxy) is 1. The molecular formula is C17H21N3O. The van der Waals surface area contributed by atoms with E-state index >= 15 is 0 Å². The fourth-order valence-corrected chi connectivity index (χ4v) is 2.63. The highest BCUT2D eigenvalue weighted by atomic mass is 16.5. The molecule has 0 aliphatic carbocycles. The van der Waals surface area contributed by atoms with E-state index in [1.54, 1.807) is 0 Å². The van der Waals surface area contributed by atoms with E-state index in [0.29, 0.717) is 6.61 Å². The summed E-state index contributed by atoms with van der Waals surface area (Å²) in [7, 11) is 0. The molecule has 21 heavy (non-hydrogen) atoms. The zero-order valence-electron chi connectivity index (χ0n) is 12.3. The summed E-state index contributed by atoms with van der Waals surface area (Å²) < 4.78 is 5.83. The summed E-state index contributed by atoms with van der Waals surface area (Å²) in [6.45, 7) is 2.74. The zero-order chi connectivity index (χ0) is 14.7. The Hall–Kier alpha value is -1.94. The fraction of sp³-hybridized carbons (Fsp3) is 0.412. The molecule has 2 heterocycles. The van der Waals surface area contributed by atoms with Crippen molar-refractivity contribution in [3.63, 3.8) is 0 Å². The predicted octanol–water partition coefficient (Wildman–Crippen LogP) is 2.48. The number of nitrogens with two attached hydrogens (primary N) is 1. The summed E-state index contributed by atoms with van der Waals surface area (Å²) in [4.78, 5) is 9.12. The Morgan fingerprint density at radius 2 is 2.19 bits per heavy atom. The van der Waals surface area contributed by atoms with E-state index in [1.807, 2.05) is 30.5 Å². The SMILES string of the molecule is CCC(N)Cc1ccnc(C2COc3ccccc3C2)n1. The summed E-state index contributed by atoms with van der Waals surface area (Å²) in [5.74, 6) is 2.07. The number of aromatic nitrogens is 2. The van der Waals surface area contributed by atoms with E-state index in [9.17, 15) is 0 Å². The monoisotopic (exact) mass is 283 g/mol. The van der Waals surface area contributed by atoms with Gasteiger partial charge < -0.3 is 10.5 Å². The first-order chi connectivity index (χ1) is 10.3. The van der Waals surface area contributed by atoms with Gasteiger partial charge in [0, 0.05) is 24.4 Å². The van der Waals surface area contributed by atoms with Crippen LogP contribution in [-0.4, -0.2) is 22.6 Å². The number of hydrogen-bond donors (Lipinski definition) is 1. The number of benzene rings is 1. The fourth-order valence-electron chi connectivity index (χ4n) is 2.63. The highest BCUT2D eigenvalue weighted by Crippen LogP contribution is 2.30. The van der Waals surface area contributed by atoms with Crippen LogP contribution in [0.3, 0.4) is 0 Å². The van der Waals surface area contributed by atoms with Gasteiger partial charge in [-0.3, -0.25) is 0 Å². The number of para-hydroxylation sites is 1. The molecule has 0 fully saturated rings. The lowest BCUT2D eigenvalue weighted by atomic mass is 9.96. The molecule has 2 unspecified atom stereocenters.